The van der Waals surface area contributed by atoms with Gasteiger partial charge in [0, 0.05) is 56.2 Å². The third-order valence-electron chi connectivity index (χ3n) is 6.69. The second-order valence-electron chi connectivity index (χ2n) is 9.23. The van der Waals surface area contributed by atoms with E-state index < -0.39 is 11.6 Å². The number of hydrogen-bond donors (Lipinski definition) is 3. The highest BCUT2D eigenvalue weighted by Crippen LogP contribution is 2.42. The largest absolute Gasteiger partial charge is 0.504 e. The standard InChI is InChI=1S/C25H24FN5O2.C2H6.CH4O/c1-30-11-25(12-30)13-31(14-25)16-5-6-20-21(10-16)29-23(28-20)18-8-15(9-19(26)22(18)32)17-4-3-7-27-24(17)33-2;2*1-2/h3-10,32H,11-14H2,1-2H3,(H,28,29);1-2H3;2H,1H3. The van der Waals surface area contributed by atoms with Crippen molar-refractivity contribution in [3.63, 3.8) is 0 Å². The zero-order chi connectivity index (χ0) is 26.7. The van der Waals surface area contributed by atoms with E-state index in [0.717, 1.165) is 50.0 Å². The molecule has 0 amide bonds. The van der Waals surface area contributed by atoms with Crippen molar-refractivity contribution in [2.45, 2.75) is 13.8 Å². The minimum Gasteiger partial charge on any atom is -0.504 e. The molecule has 9 heteroatoms. The van der Waals surface area contributed by atoms with Gasteiger partial charge in [0.05, 0.1) is 23.7 Å². The number of halogens is 1. The second-order valence-corrected chi connectivity index (χ2v) is 9.23. The van der Waals surface area contributed by atoms with Crippen molar-refractivity contribution in [3.8, 4) is 34.1 Å². The van der Waals surface area contributed by atoms with Crippen molar-refractivity contribution < 1.29 is 19.3 Å². The topological polar surface area (TPSA) is 97.7 Å². The van der Waals surface area contributed by atoms with Crippen molar-refractivity contribution >= 4 is 16.7 Å². The molecule has 2 saturated heterocycles. The molecule has 2 aliphatic heterocycles. The number of H-pyrrole nitrogens is 1. The maximum Gasteiger partial charge on any atom is 0.221 e. The van der Waals surface area contributed by atoms with Gasteiger partial charge in [-0.25, -0.2) is 14.4 Å². The molecule has 2 aromatic carbocycles. The molecule has 3 N–H and O–H groups in total. The summed E-state index contributed by atoms with van der Waals surface area (Å²) in [6, 6.07) is 12.6. The van der Waals surface area contributed by atoms with Gasteiger partial charge in [-0.15, -0.1) is 0 Å². The number of aromatic amines is 1. The number of nitrogens with zero attached hydrogens (tertiary/aromatic N) is 4. The van der Waals surface area contributed by atoms with E-state index in [1.807, 2.05) is 19.9 Å². The van der Waals surface area contributed by atoms with Gasteiger partial charge in [0.1, 0.15) is 5.82 Å². The Morgan fingerprint density at radius 2 is 1.76 bits per heavy atom. The number of ether oxygens (including phenoxy) is 1. The Hall–Kier alpha value is -3.69. The molecule has 1 spiro atoms. The lowest BCUT2D eigenvalue weighted by atomic mass is 9.73. The van der Waals surface area contributed by atoms with Gasteiger partial charge in [-0.3, -0.25) is 0 Å². The summed E-state index contributed by atoms with van der Waals surface area (Å²) in [5.41, 5.74) is 4.65. The van der Waals surface area contributed by atoms with Gasteiger partial charge in [0.15, 0.2) is 11.6 Å². The molecule has 4 aromatic rings. The number of anilines is 1. The summed E-state index contributed by atoms with van der Waals surface area (Å²) in [6.07, 6.45) is 1.61. The zero-order valence-corrected chi connectivity index (χ0v) is 21.9. The lowest BCUT2D eigenvalue weighted by molar-refractivity contribution is -0.00237. The number of aromatic hydroxyl groups is 1. The second kappa shape index (κ2) is 10.7. The van der Waals surface area contributed by atoms with Crippen LogP contribution in [0.3, 0.4) is 0 Å². The third-order valence-corrected chi connectivity index (χ3v) is 6.69. The van der Waals surface area contributed by atoms with Crippen LogP contribution in [0.2, 0.25) is 0 Å². The number of likely N-dealkylation sites (tertiary alicyclic amines) is 1. The Morgan fingerprint density at radius 1 is 1.03 bits per heavy atom. The van der Waals surface area contributed by atoms with Crippen LogP contribution in [0.15, 0.2) is 48.7 Å². The fraction of sp³-hybridized carbons (Fsp3) is 0.357. The maximum absolute atomic E-state index is 14.7. The molecule has 4 heterocycles. The molecule has 2 fully saturated rings. The Bertz CT molecular complexity index is 1380. The SMILES string of the molecule is CC.CO.COc1ncccc1-c1cc(F)c(O)c(-c2nc3ccc(N4CC5(CN(C)C5)C4)cc3[nH]2)c1. The number of hydrogen-bond acceptors (Lipinski definition) is 7. The number of pyridine rings is 1. The fourth-order valence-electron chi connectivity index (χ4n) is 5.27. The Labute approximate surface area is 216 Å². The van der Waals surface area contributed by atoms with Crippen molar-refractivity contribution in [1.29, 1.82) is 0 Å². The first-order chi connectivity index (χ1) is 17.9. The Morgan fingerprint density at radius 3 is 2.43 bits per heavy atom. The number of aliphatic hydroxyl groups excluding tert-OH is 1. The molecule has 2 aliphatic rings. The lowest BCUT2D eigenvalue weighted by Crippen LogP contribution is -2.71. The van der Waals surface area contributed by atoms with E-state index in [2.05, 4.69) is 43.9 Å². The van der Waals surface area contributed by atoms with Crippen molar-refractivity contribution in [1.82, 2.24) is 19.9 Å². The monoisotopic (exact) mass is 507 g/mol. The predicted octanol–water partition coefficient (Wildman–Crippen LogP) is 4.53. The number of aromatic nitrogens is 3. The summed E-state index contributed by atoms with van der Waals surface area (Å²) < 4.78 is 20.0. The van der Waals surface area contributed by atoms with Crippen LogP contribution < -0.4 is 9.64 Å². The lowest BCUT2D eigenvalue weighted by Gasteiger charge is -2.60. The van der Waals surface area contributed by atoms with Crippen LogP contribution in [0.1, 0.15) is 13.8 Å². The van der Waals surface area contributed by atoms with Crippen LogP contribution >= 0.6 is 0 Å². The number of benzene rings is 2. The van der Waals surface area contributed by atoms with Crippen molar-refractivity contribution in [3.05, 3.63) is 54.5 Å². The summed E-state index contributed by atoms with van der Waals surface area (Å²) >= 11 is 0. The quantitative estimate of drug-likeness (QED) is 0.373. The van der Waals surface area contributed by atoms with E-state index >= 15 is 0 Å². The summed E-state index contributed by atoms with van der Waals surface area (Å²) in [7, 11) is 4.67. The van der Waals surface area contributed by atoms with E-state index in [9.17, 15) is 9.50 Å². The minimum atomic E-state index is -0.731. The zero-order valence-electron chi connectivity index (χ0n) is 21.9. The molecule has 0 bridgehead atoms. The van der Waals surface area contributed by atoms with Crippen LogP contribution in [0.4, 0.5) is 10.1 Å². The molecule has 8 nitrogen and oxygen atoms in total. The van der Waals surface area contributed by atoms with Gasteiger partial charge >= 0.3 is 0 Å². The molecule has 196 valence electrons. The number of rotatable bonds is 4. The molecule has 0 radical (unpaired) electrons. The van der Waals surface area contributed by atoms with Gasteiger partial charge < -0.3 is 29.7 Å². The molecule has 6 rings (SSSR count). The van der Waals surface area contributed by atoms with Crippen LogP contribution in [0.5, 0.6) is 11.6 Å². The van der Waals surface area contributed by atoms with Gasteiger partial charge in [-0.2, -0.15) is 0 Å². The summed E-state index contributed by atoms with van der Waals surface area (Å²) in [5, 5.41) is 17.5. The number of methoxy groups -OCH3 is 1. The number of imidazole rings is 1. The predicted molar refractivity (Wildman–Crippen MR) is 145 cm³/mol. The van der Waals surface area contributed by atoms with Gasteiger partial charge in [-0.1, -0.05) is 13.8 Å². The van der Waals surface area contributed by atoms with Crippen molar-refractivity contribution in [2.24, 2.45) is 5.41 Å². The van der Waals surface area contributed by atoms with Crippen LogP contribution in [0, 0.1) is 11.2 Å². The van der Waals surface area contributed by atoms with Crippen LogP contribution in [-0.4, -0.2) is 77.5 Å². The van der Waals surface area contributed by atoms with Crippen molar-refractivity contribution in [2.75, 3.05) is 52.3 Å². The van der Waals surface area contributed by atoms with Crippen LogP contribution in [-0.2, 0) is 0 Å². The molecule has 37 heavy (non-hydrogen) atoms. The highest BCUT2D eigenvalue weighted by atomic mass is 19.1. The number of fused-ring (bicyclic) bond motifs is 1. The average molecular weight is 508 g/mol. The highest BCUT2D eigenvalue weighted by Gasteiger charge is 2.50. The normalized spacial score (nSPS) is 15.7. The van der Waals surface area contributed by atoms with E-state index in [0.29, 0.717) is 28.2 Å². The number of nitrogens with one attached hydrogen (secondary N) is 1. The smallest absolute Gasteiger partial charge is 0.221 e. The molecule has 0 unspecified atom stereocenters. The van der Waals surface area contributed by atoms with E-state index in [1.54, 1.807) is 24.4 Å². The molecule has 0 atom stereocenters. The molecular weight excluding hydrogens is 473 g/mol. The first-order valence-corrected chi connectivity index (χ1v) is 12.3. The summed E-state index contributed by atoms with van der Waals surface area (Å²) in [4.78, 5) is 16.8. The van der Waals surface area contributed by atoms with E-state index in [4.69, 9.17) is 9.84 Å². The number of aliphatic hydroxyl groups is 1. The molecule has 0 saturated carbocycles. The number of phenolic OH excluding ortho intramolecular Hbond substituents is 1. The maximum atomic E-state index is 14.7. The Kier molecular flexibility index (Phi) is 7.65. The van der Waals surface area contributed by atoms with Gasteiger partial charge in [0.2, 0.25) is 5.88 Å². The molecule has 2 aromatic heterocycles. The minimum absolute atomic E-state index is 0.286. The average Bonchev–Trinajstić information content (AvgIpc) is 3.32. The first kappa shape index (κ1) is 26.4. The molecular formula is C28H34FN5O3. The first-order valence-electron chi connectivity index (χ1n) is 12.3. The van der Waals surface area contributed by atoms with E-state index in [1.165, 1.54) is 13.2 Å². The summed E-state index contributed by atoms with van der Waals surface area (Å²) in [5.74, 6) is -0.387. The van der Waals surface area contributed by atoms with Gasteiger partial charge in [-0.05, 0) is 55.1 Å². The van der Waals surface area contributed by atoms with Gasteiger partial charge in [0.25, 0.3) is 0 Å². The van der Waals surface area contributed by atoms with E-state index in [-0.39, 0.29) is 5.56 Å². The highest BCUT2D eigenvalue weighted by molar-refractivity contribution is 5.85. The van der Waals surface area contributed by atoms with Crippen LogP contribution in [0.25, 0.3) is 33.5 Å². The Balaban J connectivity index is 0.000000765. The number of phenols is 1. The fourth-order valence-corrected chi connectivity index (χ4v) is 5.27. The third kappa shape index (κ3) is 4.84. The summed E-state index contributed by atoms with van der Waals surface area (Å²) in [6.45, 7) is 8.43. The molecule has 0 aliphatic carbocycles.